The highest BCUT2D eigenvalue weighted by molar-refractivity contribution is 7.89. The lowest BCUT2D eigenvalue weighted by Gasteiger charge is -2.42. The van der Waals surface area contributed by atoms with Crippen LogP contribution in [0.25, 0.3) is 0 Å². The first-order valence-corrected chi connectivity index (χ1v) is 9.49. The maximum absolute atomic E-state index is 13.1. The third-order valence-corrected chi connectivity index (χ3v) is 6.87. The van der Waals surface area contributed by atoms with Crippen molar-refractivity contribution < 1.29 is 17.9 Å². The Morgan fingerprint density at radius 3 is 2.91 bits per heavy atom. The van der Waals surface area contributed by atoms with Crippen LogP contribution in [0.2, 0.25) is 0 Å². The average molecular weight is 323 g/mol. The van der Waals surface area contributed by atoms with E-state index in [0.29, 0.717) is 24.7 Å². The van der Waals surface area contributed by atoms with Crippen molar-refractivity contribution in [2.24, 2.45) is 0 Å². The molecule has 22 heavy (non-hydrogen) atoms. The zero-order valence-corrected chi connectivity index (χ0v) is 13.3. The first kappa shape index (κ1) is 14.5. The van der Waals surface area contributed by atoms with Gasteiger partial charge in [0.25, 0.3) is 0 Å². The molecule has 2 heterocycles. The van der Waals surface area contributed by atoms with Gasteiger partial charge in [-0.05, 0) is 36.6 Å². The first-order valence-electron chi connectivity index (χ1n) is 8.05. The summed E-state index contributed by atoms with van der Waals surface area (Å²) in [7, 11) is -3.46. The van der Waals surface area contributed by atoms with Gasteiger partial charge >= 0.3 is 0 Å². The van der Waals surface area contributed by atoms with E-state index >= 15 is 0 Å². The summed E-state index contributed by atoms with van der Waals surface area (Å²) >= 11 is 0. The van der Waals surface area contributed by atoms with Gasteiger partial charge in [0.1, 0.15) is 5.75 Å². The lowest BCUT2D eigenvalue weighted by molar-refractivity contribution is -0.0586. The summed E-state index contributed by atoms with van der Waals surface area (Å²) < 4.78 is 39.1. The summed E-state index contributed by atoms with van der Waals surface area (Å²) in [6, 6.07) is 5.24. The number of ether oxygens (including phenoxy) is 2. The summed E-state index contributed by atoms with van der Waals surface area (Å²) in [4.78, 5) is 0.392. The summed E-state index contributed by atoms with van der Waals surface area (Å²) in [5.41, 5.74) is 0.995. The van der Waals surface area contributed by atoms with Crippen molar-refractivity contribution in [1.29, 1.82) is 0 Å². The van der Waals surface area contributed by atoms with E-state index in [9.17, 15) is 8.42 Å². The lowest BCUT2D eigenvalue weighted by Crippen LogP contribution is -2.54. The van der Waals surface area contributed by atoms with Gasteiger partial charge in [-0.15, -0.1) is 0 Å². The van der Waals surface area contributed by atoms with Crippen LogP contribution in [0.3, 0.4) is 0 Å². The number of hydrogen-bond acceptors (Lipinski definition) is 4. The van der Waals surface area contributed by atoms with Crippen LogP contribution in [0.5, 0.6) is 5.75 Å². The van der Waals surface area contributed by atoms with Crippen molar-refractivity contribution in [2.45, 2.75) is 49.1 Å². The monoisotopic (exact) mass is 323 g/mol. The van der Waals surface area contributed by atoms with E-state index in [-0.39, 0.29) is 12.1 Å². The molecule has 4 rings (SSSR count). The second-order valence-corrected chi connectivity index (χ2v) is 8.14. The highest BCUT2D eigenvalue weighted by Gasteiger charge is 2.41. The van der Waals surface area contributed by atoms with Crippen LogP contribution in [0.4, 0.5) is 0 Å². The van der Waals surface area contributed by atoms with Gasteiger partial charge in [-0.25, -0.2) is 8.42 Å². The third-order valence-electron chi connectivity index (χ3n) is 4.95. The Kier molecular flexibility index (Phi) is 3.63. The molecule has 3 aliphatic rings. The van der Waals surface area contributed by atoms with Crippen LogP contribution in [0.1, 0.15) is 31.2 Å². The van der Waals surface area contributed by atoms with E-state index in [1.807, 2.05) is 0 Å². The molecule has 6 heteroatoms. The van der Waals surface area contributed by atoms with Crippen LogP contribution in [0.15, 0.2) is 23.1 Å². The van der Waals surface area contributed by atoms with Crippen molar-refractivity contribution in [3.05, 3.63) is 23.8 Å². The molecule has 0 aromatic heterocycles. The topological polar surface area (TPSA) is 55.8 Å². The molecule has 0 unspecified atom stereocenters. The second-order valence-electron chi connectivity index (χ2n) is 6.24. The second kappa shape index (κ2) is 5.51. The van der Waals surface area contributed by atoms with Gasteiger partial charge in [-0.1, -0.05) is 12.8 Å². The summed E-state index contributed by atoms with van der Waals surface area (Å²) in [5, 5.41) is 0. The summed E-state index contributed by atoms with van der Waals surface area (Å²) in [5.74, 6) is 0.816. The molecule has 0 amide bonds. The Bertz CT molecular complexity index is 671. The predicted molar refractivity (Wildman–Crippen MR) is 81.5 cm³/mol. The van der Waals surface area contributed by atoms with Gasteiger partial charge in [0.05, 0.1) is 30.3 Å². The van der Waals surface area contributed by atoms with Gasteiger partial charge < -0.3 is 9.47 Å². The van der Waals surface area contributed by atoms with E-state index in [4.69, 9.17) is 9.47 Å². The quantitative estimate of drug-likeness (QED) is 0.835. The maximum Gasteiger partial charge on any atom is 0.243 e. The molecule has 2 fully saturated rings. The Labute approximate surface area is 131 Å². The molecular weight excluding hydrogens is 302 g/mol. The Balaban J connectivity index is 1.67. The molecule has 1 aromatic rings. The van der Waals surface area contributed by atoms with Gasteiger partial charge in [0.2, 0.25) is 10.0 Å². The van der Waals surface area contributed by atoms with E-state index in [2.05, 4.69) is 0 Å². The number of nitrogens with zero attached hydrogens (tertiary/aromatic N) is 1. The number of benzene rings is 1. The fourth-order valence-electron chi connectivity index (χ4n) is 3.82. The zero-order chi connectivity index (χ0) is 15.2. The van der Waals surface area contributed by atoms with Crippen LogP contribution >= 0.6 is 0 Å². The van der Waals surface area contributed by atoms with Gasteiger partial charge in [0, 0.05) is 13.0 Å². The number of sulfonamides is 1. The first-order chi connectivity index (χ1) is 10.7. The normalized spacial score (nSPS) is 28.7. The number of rotatable bonds is 2. The summed E-state index contributed by atoms with van der Waals surface area (Å²) in [6.07, 6.45) is 4.93. The minimum Gasteiger partial charge on any atom is -0.493 e. The van der Waals surface area contributed by atoms with Gasteiger partial charge in [0.15, 0.2) is 0 Å². The molecule has 2 aliphatic heterocycles. The minimum atomic E-state index is -3.46. The van der Waals surface area contributed by atoms with Crippen molar-refractivity contribution in [1.82, 2.24) is 4.31 Å². The average Bonchev–Trinajstić information content (AvgIpc) is 3.02. The van der Waals surface area contributed by atoms with Crippen molar-refractivity contribution in [3.63, 3.8) is 0 Å². The fraction of sp³-hybridized carbons (Fsp3) is 0.625. The van der Waals surface area contributed by atoms with Gasteiger partial charge in [-0.2, -0.15) is 4.31 Å². The van der Waals surface area contributed by atoms with E-state index < -0.39 is 10.0 Å². The van der Waals surface area contributed by atoms with Crippen molar-refractivity contribution in [2.75, 3.05) is 19.8 Å². The molecule has 1 aromatic carbocycles. The van der Waals surface area contributed by atoms with E-state index in [1.54, 1.807) is 22.5 Å². The predicted octanol–water partition coefficient (Wildman–Crippen LogP) is 1.95. The molecule has 2 atom stereocenters. The minimum absolute atomic E-state index is 0.00277. The largest absolute Gasteiger partial charge is 0.493 e. The highest BCUT2D eigenvalue weighted by Crippen LogP contribution is 2.34. The zero-order valence-electron chi connectivity index (χ0n) is 12.5. The van der Waals surface area contributed by atoms with Crippen LogP contribution < -0.4 is 4.74 Å². The number of hydrogen-bond donors (Lipinski definition) is 0. The van der Waals surface area contributed by atoms with Crippen molar-refractivity contribution >= 4 is 10.0 Å². The third kappa shape index (κ3) is 2.33. The Morgan fingerprint density at radius 2 is 2.00 bits per heavy atom. The molecule has 0 spiro atoms. The molecule has 5 nitrogen and oxygen atoms in total. The molecule has 0 bridgehead atoms. The number of morpholine rings is 1. The fourth-order valence-corrected chi connectivity index (χ4v) is 5.53. The number of fused-ring (bicyclic) bond motifs is 2. The van der Waals surface area contributed by atoms with E-state index in [1.165, 1.54) is 0 Å². The maximum atomic E-state index is 13.1. The van der Waals surface area contributed by atoms with Crippen LogP contribution in [-0.4, -0.2) is 44.6 Å². The van der Waals surface area contributed by atoms with Gasteiger partial charge in [-0.3, -0.25) is 0 Å². The van der Waals surface area contributed by atoms with E-state index in [0.717, 1.165) is 43.4 Å². The smallest absolute Gasteiger partial charge is 0.243 e. The molecule has 1 saturated heterocycles. The lowest BCUT2D eigenvalue weighted by atomic mass is 9.91. The van der Waals surface area contributed by atoms with Crippen molar-refractivity contribution in [3.8, 4) is 5.75 Å². The standard InChI is InChI=1S/C16H21NO4S/c18-22(19,13-5-6-15-12(11-13)7-9-20-15)17-8-10-21-16-4-2-1-3-14(16)17/h5-6,11,14,16H,1-4,7-10H2/t14-,16+/m0/s1. The Hall–Kier alpha value is -1.11. The molecule has 1 aliphatic carbocycles. The Morgan fingerprint density at radius 1 is 1.14 bits per heavy atom. The molecule has 120 valence electrons. The molecule has 1 saturated carbocycles. The van der Waals surface area contributed by atoms with Crippen LogP contribution in [-0.2, 0) is 21.2 Å². The SMILES string of the molecule is O=S(=O)(c1ccc2c(c1)CCO2)N1CCO[C@@H]2CCCC[C@@H]21. The summed E-state index contributed by atoms with van der Waals surface area (Å²) in [6.45, 7) is 1.59. The highest BCUT2D eigenvalue weighted by atomic mass is 32.2. The van der Waals surface area contributed by atoms with Crippen LogP contribution in [0, 0.1) is 0 Å². The molecule has 0 N–H and O–H groups in total. The molecular formula is C16H21NO4S. The molecule has 0 radical (unpaired) electrons.